The Morgan fingerprint density at radius 2 is 1.79 bits per heavy atom. The van der Waals surface area contributed by atoms with Gasteiger partial charge in [-0.3, -0.25) is 14.3 Å². The monoisotopic (exact) mass is 395 g/mol. The number of aromatic nitrogens is 2. The van der Waals surface area contributed by atoms with Crippen LogP contribution in [0.5, 0.6) is 0 Å². The zero-order valence-electron chi connectivity index (χ0n) is 16.8. The Morgan fingerprint density at radius 3 is 2.59 bits per heavy atom. The lowest BCUT2D eigenvalue weighted by atomic mass is 10.1. The van der Waals surface area contributed by atoms with E-state index >= 15 is 0 Å². The molecular weight excluding hydrogens is 366 g/mol. The van der Waals surface area contributed by atoms with Crippen LogP contribution in [0.4, 0.5) is 0 Å². The van der Waals surface area contributed by atoms with Gasteiger partial charge in [-0.25, -0.2) is 0 Å². The predicted octanol–water partition coefficient (Wildman–Crippen LogP) is 2.14. The van der Waals surface area contributed by atoms with E-state index < -0.39 is 0 Å². The van der Waals surface area contributed by atoms with Gasteiger partial charge < -0.3 is 15.1 Å². The molecule has 1 fully saturated rings. The van der Waals surface area contributed by atoms with Crippen LogP contribution in [0.25, 0.3) is 0 Å². The van der Waals surface area contributed by atoms with E-state index in [1.807, 2.05) is 35.2 Å². The summed E-state index contributed by atoms with van der Waals surface area (Å²) in [5.41, 5.74) is 1.93. The minimum Gasteiger partial charge on any atom is -0.349 e. The number of carbonyl (C=O) groups excluding carboxylic acids is 2. The highest BCUT2D eigenvalue weighted by Gasteiger charge is 2.26. The number of benzene rings is 1. The lowest BCUT2D eigenvalue weighted by Crippen LogP contribution is -2.37. The first kappa shape index (κ1) is 19.6. The van der Waals surface area contributed by atoms with Crippen LogP contribution in [0.15, 0.2) is 36.4 Å². The molecule has 2 aliphatic rings. The molecule has 7 heteroatoms. The fourth-order valence-corrected chi connectivity index (χ4v) is 4.10. The predicted molar refractivity (Wildman–Crippen MR) is 111 cm³/mol. The number of carbonyl (C=O) groups is 2. The van der Waals surface area contributed by atoms with Crippen LogP contribution in [0.3, 0.4) is 0 Å². The van der Waals surface area contributed by atoms with Gasteiger partial charge in [0.15, 0.2) is 5.69 Å². The van der Waals surface area contributed by atoms with Crippen molar-refractivity contribution in [2.75, 3.05) is 32.7 Å². The fraction of sp³-hybridized carbons (Fsp3) is 0.500. The van der Waals surface area contributed by atoms with Gasteiger partial charge in [-0.2, -0.15) is 5.10 Å². The second-order valence-corrected chi connectivity index (χ2v) is 7.86. The van der Waals surface area contributed by atoms with Gasteiger partial charge in [0.05, 0.1) is 0 Å². The minimum atomic E-state index is -0.204. The Labute approximate surface area is 171 Å². The van der Waals surface area contributed by atoms with Gasteiger partial charge in [-0.1, -0.05) is 36.8 Å². The van der Waals surface area contributed by atoms with Crippen molar-refractivity contribution in [1.29, 1.82) is 0 Å². The molecule has 1 N–H and O–H groups in total. The number of hydrogen-bond donors (Lipinski definition) is 1. The topological polar surface area (TPSA) is 70.5 Å². The summed E-state index contributed by atoms with van der Waals surface area (Å²) < 4.78 is 1.69. The molecule has 1 aromatic heterocycles. The molecule has 2 aromatic rings. The second kappa shape index (κ2) is 9.22. The number of aryl methyl sites for hydroxylation is 1. The molecule has 2 amide bonds. The quantitative estimate of drug-likeness (QED) is 0.814. The smallest absolute Gasteiger partial charge is 0.272 e. The van der Waals surface area contributed by atoms with E-state index in [1.165, 1.54) is 19.3 Å². The zero-order chi connectivity index (χ0) is 20.1. The van der Waals surface area contributed by atoms with Crippen LogP contribution in [0, 0.1) is 0 Å². The largest absolute Gasteiger partial charge is 0.349 e. The van der Waals surface area contributed by atoms with Crippen LogP contribution in [-0.2, 0) is 13.1 Å². The summed E-state index contributed by atoms with van der Waals surface area (Å²) in [6.07, 6.45) is 4.61. The van der Waals surface area contributed by atoms with Gasteiger partial charge in [0.2, 0.25) is 0 Å². The van der Waals surface area contributed by atoms with Crippen molar-refractivity contribution >= 4 is 11.8 Å². The van der Waals surface area contributed by atoms with Gasteiger partial charge in [0, 0.05) is 38.8 Å². The van der Waals surface area contributed by atoms with Crippen LogP contribution >= 0.6 is 0 Å². The zero-order valence-corrected chi connectivity index (χ0v) is 16.8. The standard InChI is InChI=1S/C22H29N5O2/c28-21(23-10-15-25-11-5-2-6-12-25)19-16-20-22(29)26(13-7-14-27(20)24-19)17-18-8-3-1-4-9-18/h1,3-4,8-9,16H,2,5-7,10-15,17H2,(H,23,28). The molecule has 29 heavy (non-hydrogen) atoms. The molecule has 0 unspecified atom stereocenters. The van der Waals surface area contributed by atoms with Gasteiger partial charge in [-0.05, 0) is 37.9 Å². The number of rotatable bonds is 6. The Morgan fingerprint density at radius 1 is 1.00 bits per heavy atom. The molecule has 0 bridgehead atoms. The maximum Gasteiger partial charge on any atom is 0.272 e. The highest BCUT2D eigenvalue weighted by molar-refractivity contribution is 5.98. The lowest BCUT2D eigenvalue weighted by molar-refractivity contribution is 0.0745. The van der Waals surface area contributed by atoms with Crippen molar-refractivity contribution in [2.24, 2.45) is 0 Å². The summed E-state index contributed by atoms with van der Waals surface area (Å²) in [6, 6.07) is 11.6. The molecule has 0 radical (unpaired) electrons. The SMILES string of the molecule is O=C(NCCN1CCCCC1)c1cc2n(n1)CCCN(Cc1ccccc1)C2=O. The first-order valence-corrected chi connectivity index (χ1v) is 10.6. The molecule has 3 heterocycles. The summed E-state index contributed by atoms with van der Waals surface area (Å²) in [4.78, 5) is 29.8. The molecule has 154 valence electrons. The molecule has 0 aliphatic carbocycles. The fourth-order valence-electron chi connectivity index (χ4n) is 4.10. The number of hydrogen-bond acceptors (Lipinski definition) is 4. The summed E-state index contributed by atoms with van der Waals surface area (Å²) in [7, 11) is 0. The maximum atomic E-state index is 13.0. The molecule has 0 saturated carbocycles. The summed E-state index contributed by atoms with van der Waals surface area (Å²) >= 11 is 0. The minimum absolute atomic E-state index is 0.0637. The van der Waals surface area contributed by atoms with Crippen molar-refractivity contribution in [1.82, 2.24) is 24.9 Å². The second-order valence-electron chi connectivity index (χ2n) is 7.86. The van der Waals surface area contributed by atoms with Gasteiger partial charge in [-0.15, -0.1) is 0 Å². The molecule has 1 saturated heterocycles. The van der Waals surface area contributed by atoms with E-state index in [1.54, 1.807) is 10.7 Å². The Hall–Kier alpha value is -2.67. The Balaban J connectivity index is 1.38. The lowest BCUT2D eigenvalue weighted by Gasteiger charge is -2.26. The first-order valence-electron chi connectivity index (χ1n) is 10.6. The normalized spacial score (nSPS) is 17.7. The molecule has 4 rings (SSSR count). The van der Waals surface area contributed by atoms with Crippen LogP contribution < -0.4 is 5.32 Å². The van der Waals surface area contributed by atoms with E-state index in [0.717, 1.165) is 31.6 Å². The van der Waals surface area contributed by atoms with Crippen molar-refractivity contribution in [2.45, 2.75) is 38.8 Å². The van der Waals surface area contributed by atoms with Crippen LogP contribution in [-0.4, -0.2) is 64.1 Å². The van der Waals surface area contributed by atoms with Crippen LogP contribution in [0.2, 0.25) is 0 Å². The number of nitrogens with zero attached hydrogens (tertiary/aromatic N) is 4. The highest BCUT2D eigenvalue weighted by atomic mass is 16.2. The van der Waals surface area contributed by atoms with Crippen molar-refractivity contribution in [3.8, 4) is 0 Å². The van der Waals surface area contributed by atoms with Gasteiger partial charge in [0.25, 0.3) is 11.8 Å². The molecule has 0 spiro atoms. The summed E-state index contributed by atoms with van der Waals surface area (Å²) in [5.74, 6) is -0.267. The van der Waals surface area contributed by atoms with Gasteiger partial charge >= 0.3 is 0 Å². The third-order valence-corrected chi connectivity index (χ3v) is 5.70. The Kier molecular flexibility index (Phi) is 6.24. The summed E-state index contributed by atoms with van der Waals surface area (Å²) in [5, 5.41) is 7.37. The first-order chi connectivity index (χ1) is 14.2. The van der Waals surface area contributed by atoms with Crippen LogP contribution in [0.1, 0.15) is 52.2 Å². The third kappa shape index (κ3) is 4.85. The average Bonchev–Trinajstić information content (AvgIpc) is 3.12. The number of piperidine rings is 1. The van der Waals surface area contributed by atoms with Crippen molar-refractivity contribution < 1.29 is 9.59 Å². The maximum absolute atomic E-state index is 13.0. The molecular formula is C22H29N5O2. The van der Waals surface area contributed by atoms with E-state index in [4.69, 9.17) is 0 Å². The molecule has 1 aromatic carbocycles. The van der Waals surface area contributed by atoms with Gasteiger partial charge in [0.1, 0.15) is 5.69 Å². The number of nitrogens with one attached hydrogen (secondary N) is 1. The van der Waals surface area contributed by atoms with E-state index in [0.29, 0.717) is 37.6 Å². The molecule has 7 nitrogen and oxygen atoms in total. The van der Waals surface area contributed by atoms with E-state index in [-0.39, 0.29) is 11.8 Å². The Bertz CT molecular complexity index is 842. The molecule has 0 atom stereocenters. The number of likely N-dealkylation sites (tertiary alicyclic amines) is 1. The van der Waals surface area contributed by atoms with Crippen molar-refractivity contribution in [3.63, 3.8) is 0 Å². The summed E-state index contributed by atoms with van der Waals surface area (Å²) in [6.45, 7) is 5.60. The van der Waals surface area contributed by atoms with E-state index in [9.17, 15) is 9.59 Å². The van der Waals surface area contributed by atoms with Crippen molar-refractivity contribution in [3.05, 3.63) is 53.3 Å². The van der Waals surface area contributed by atoms with E-state index in [2.05, 4.69) is 15.3 Å². The number of amides is 2. The third-order valence-electron chi connectivity index (χ3n) is 5.70. The molecule has 2 aliphatic heterocycles. The average molecular weight is 396 g/mol. The number of fused-ring (bicyclic) bond motifs is 1. The highest BCUT2D eigenvalue weighted by Crippen LogP contribution is 2.16.